The van der Waals surface area contributed by atoms with Crippen molar-refractivity contribution in [3.05, 3.63) is 93.2 Å². The number of hydrogen-bond acceptors (Lipinski definition) is 6. The van der Waals surface area contributed by atoms with Crippen molar-refractivity contribution in [3.8, 4) is 0 Å². The third kappa shape index (κ3) is 2.60. The molecule has 0 fully saturated rings. The van der Waals surface area contributed by atoms with Crippen molar-refractivity contribution in [1.29, 1.82) is 0 Å². The summed E-state index contributed by atoms with van der Waals surface area (Å²) >= 11 is 1.41. The molecule has 0 N–H and O–H groups in total. The first-order valence-electron chi connectivity index (χ1n) is 9.84. The number of para-hydroxylation sites is 1. The number of aromatic nitrogens is 1. The first-order valence-corrected chi connectivity index (χ1v) is 10.7. The van der Waals surface area contributed by atoms with Gasteiger partial charge in [-0.3, -0.25) is 14.5 Å². The first-order chi connectivity index (χ1) is 15.0. The van der Waals surface area contributed by atoms with Gasteiger partial charge in [-0.05, 0) is 55.8 Å². The molecule has 0 saturated heterocycles. The summed E-state index contributed by atoms with van der Waals surface area (Å²) in [6.45, 7) is 3.84. The number of rotatable bonds is 2. The Morgan fingerprint density at radius 3 is 2.65 bits per heavy atom. The highest BCUT2D eigenvalue weighted by Gasteiger charge is 2.46. The summed E-state index contributed by atoms with van der Waals surface area (Å²) in [7, 11) is 0. The molecular formula is C24H16N2O4S. The molecule has 7 heteroatoms. The quantitative estimate of drug-likeness (QED) is 0.378. The van der Waals surface area contributed by atoms with E-state index in [4.69, 9.17) is 8.83 Å². The van der Waals surface area contributed by atoms with Gasteiger partial charge < -0.3 is 8.83 Å². The third-order valence-electron chi connectivity index (χ3n) is 5.55. The number of nitrogens with zero attached hydrogens (tertiary/aromatic N) is 2. The molecule has 1 unspecified atom stereocenters. The predicted octanol–water partition coefficient (Wildman–Crippen LogP) is 5.36. The average molecular weight is 428 g/mol. The lowest BCUT2D eigenvalue weighted by molar-refractivity contribution is 0.0969. The summed E-state index contributed by atoms with van der Waals surface area (Å²) in [5.41, 5.74) is 2.35. The molecule has 0 saturated carbocycles. The van der Waals surface area contributed by atoms with E-state index in [1.54, 1.807) is 30.3 Å². The summed E-state index contributed by atoms with van der Waals surface area (Å²) < 4.78 is 12.8. The van der Waals surface area contributed by atoms with Crippen molar-refractivity contribution in [1.82, 2.24) is 4.98 Å². The largest absolute Gasteiger partial charge is 0.464 e. The van der Waals surface area contributed by atoms with Gasteiger partial charge >= 0.3 is 0 Å². The fourth-order valence-corrected chi connectivity index (χ4v) is 5.20. The number of carbonyl (C=O) groups is 1. The summed E-state index contributed by atoms with van der Waals surface area (Å²) in [6.07, 6.45) is 0. The molecule has 31 heavy (non-hydrogen) atoms. The number of aryl methyl sites for hydroxylation is 2. The van der Waals surface area contributed by atoms with Crippen molar-refractivity contribution < 1.29 is 13.6 Å². The topological polar surface area (TPSA) is 76.6 Å². The number of benzene rings is 2. The van der Waals surface area contributed by atoms with Crippen LogP contribution in [0.1, 0.15) is 39.2 Å². The zero-order chi connectivity index (χ0) is 21.3. The molecule has 5 aromatic rings. The molecule has 2 aromatic carbocycles. The normalized spacial score (nSPS) is 15.9. The number of anilines is 1. The lowest BCUT2D eigenvalue weighted by Gasteiger charge is -2.20. The number of furan rings is 1. The third-order valence-corrected chi connectivity index (χ3v) is 6.56. The van der Waals surface area contributed by atoms with Crippen LogP contribution in [0.4, 0.5) is 5.13 Å². The molecule has 0 spiro atoms. The summed E-state index contributed by atoms with van der Waals surface area (Å²) in [5.74, 6) is 0.842. The van der Waals surface area contributed by atoms with Gasteiger partial charge in [-0.15, -0.1) is 0 Å². The molecular weight excluding hydrogens is 412 g/mol. The Balaban J connectivity index is 1.64. The molecule has 1 amide bonds. The van der Waals surface area contributed by atoms with E-state index in [-0.39, 0.29) is 16.8 Å². The van der Waals surface area contributed by atoms with Gasteiger partial charge in [0.15, 0.2) is 10.6 Å². The second-order valence-electron chi connectivity index (χ2n) is 7.66. The Bertz CT molecular complexity index is 1580. The Morgan fingerprint density at radius 2 is 1.84 bits per heavy atom. The van der Waals surface area contributed by atoms with E-state index in [0.717, 1.165) is 15.8 Å². The Morgan fingerprint density at radius 1 is 1.00 bits per heavy atom. The van der Waals surface area contributed by atoms with E-state index in [9.17, 15) is 9.59 Å². The Labute approximate surface area is 180 Å². The fourth-order valence-electron chi connectivity index (χ4n) is 4.11. The smallest absolute Gasteiger partial charge is 0.297 e. The molecule has 1 aliphatic heterocycles. The minimum absolute atomic E-state index is 0.0400. The van der Waals surface area contributed by atoms with Gasteiger partial charge in [-0.1, -0.05) is 29.5 Å². The minimum atomic E-state index is -0.737. The standard InChI is InChI=1S/C24H16N2O4S/c1-12-7-9-15-18(11-12)31-24(25-15)26-20(17-10-8-13(2)29-17)19-21(27)14-5-3-4-6-16(14)30-22(19)23(26)28/h3-11,20H,1-2H3. The molecule has 1 aliphatic rings. The van der Waals surface area contributed by atoms with Crippen LogP contribution < -0.4 is 10.3 Å². The van der Waals surface area contributed by atoms with Gasteiger partial charge in [-0.25, -0.2) is 4.98 Å². The van der Waals surface area contributed by atoms with Gasteiger partial charge in [0, 0.05) is 0 Å². The highest BCUT2D eigenvalue weighted by Crippen LogP contribution is 2.44. The van der Waals surface area contributed by atoms with Crippen LogP contribution in [0.25, 0.3) is 21.2 Å². The van der Waals surface area contributed by atoms with Crippen molar-refractivity contribution >= 4 is 43.6 Å². The molecule has 3 aromatic heterocycles. The van der Waals surface area contributed by atoms with Gasteiger partial charge in [0.1, 0.15) is 23.1 Å². The predicted molar refractivity (Wildman–Crippen MR) is 119 cm³/mol. The van der Waals surface area contributed by atoms with Crippen LogP contribution in [-0.2, 0) is 0 Å². The second kappa shape index (κ2) is 6.39. The van der Waals surface area contributed by atoms with Crippen molar-refractivity contribution in [2.45, 2.75) is 19.9 Å². The molecule has 0 radical (unpaired) electrons. The Hall–Kier alpha value is -3.71. The molecule has 152 valence electrons. The van der Waals surface area contributed by atoms with Gasteiger partial charge in [0.05, 0.1) is 21.2 Å². The molecule has 4 heterocycles. The molecule has 0 aliphatic carbocycles. The van der Waals surface area contributed by atoms with Gasteiger partial charge in [0.25, 0.3) is 5.91 Å². The van der Waals surface area contributed by atoms with E-state index in [0.29, 0.717) is 27.6 Å². The average Bonchev–Trinajstić information content (AvgIpc) is 3.44. The molecule has 6 nitrogen and oxygen atoms in total. The van der Waals surface area contributed by atoms with Crippen LogP contribution >= 0.6 is 11.3 Å². The lowest BCUT2D eigenvalue weighted by Crippen LogP contribution is -2.29. The molecule has 1 atom stereocenters. The van der Waals surface area contributed by atoms with E-state index < -0.39 is 11.9 Å². The summed E-state index contributed by atoms with van der Waals surface area (Å²) in [6, 6.07) is 15.8. The first kappa shape index (κ1) is 18.1. The number of amides is 1. The number of hydrogen-bond donors (Lipinski definition) is 0. The van der Waals surface area contributed by atoms with Crippen molar-refractivity contribution in [2.75, 3.05) is 4.90 Å². The van der Waals surface area contributed by atoms with E-state index in [2.05, 4.69) is 4.98 Å². The van der Waals surface area contributed by atoms with Crippen LogP contribution in [0.3, 0.4) is 0 Å². The van der Waals surface area contributed by atoms with Crippen LogP contribution in [-0.4, -0.2) is 10.9 Å². The summed E-state index contributed by atoms with van der Waals surface area (Å²) in [5, 5.41) is 0.934. The van der Waals surface area contributed by atoms with Crippen LogP contribution in [0.5, 0.6) is 0 Å². The number of fused-ring (bicyclic) bond motifs is 3. The number of thiazole rings is 1. The van der Waals surface area contributed by atoms with Gasteiger partial charge in [0.2, 0.25) is 5.76 Å². The van der Waals surface area contributed by atoms with Crippen molar-refractivity contribution in [3.63, 3.8) is 0 Å². The van der Waals surface area contributed by atoms with E-state index in [1.807, 2.05) is 38.1 Å². The SMILES string of the molecule is Cc1ccc2nc(N3C(=O)c4oc5ccccc5c(=O)c4C3c3ccc(C)o3)sc2c1. The summed E-state index contributed by atoms with van der Waals surface area (Å²) in [4.78, 5) is 33.2. The van der Waals surface area contributed by atoms with Gasteiger partial charge in [-0.2, -0.15) is 0 Å². The van der Waals surface area contributed by atoms with Crippen LogP contribution in [0.15, 0.2) is 68.2 Å². The zero-order valence-corrected chi connectivity index (χ0v) is 17.5. The lowest BCUT2D eigenvalue weighted by atomic mass is 10.0. The second-order valence-corrected chi connectivity index (χ2v) is 8.67. The van der Waals surface area contributed by atoms with Crippen LogP contribution in [0.2, 0.25) is 0 Å². The maximum absolute atomic E-state index is 13.5. The zero-order valence-electron chi connectivity index (χ0n) is 16.7. The minimum Gasteiger partial charge on any atom is -0.464 e. The van der Waals surface area contributed by atoms with E-state index >= 15 is 0 Å². The van der Waals surface area contributed by atoms with Crippen LogP contribution in [0, 0.1) is 13.8 Å². The molecule has 6 rings (SSSR count). The number of carbonyl (C=O) groups excluding carboxylic acids is 1. The highest BCUT2D eigenvalue weighted by atomic mass is 32.1. The van der Waals surface area contributed by atoms with E-state index in [1.165, 1.54) is 16.2 Å². The van der Waals surface area contributed by atoms with Crippen molar-refractivity contribution in [2.24, 2.45) is 0 Å². The highest BCUT2D eigenvalue weighted by molar-refractivity contribution is 7.22. The molecule has 0 bridgehead atoms. The monoisotopic (exact) mass is 428 g/mol. The Kier molecular flexibility index (Phi) is 3.73. The fraction of sp³-hybridized carbons (Fsp3) is 0.125. The maximum atomic E-state index is 13.5. The maximum Gasteiger partial charge on any atom is 0.297 e.